The lowest BCUT2D eigenvalue weighted by molar-refractivity contribution is -0.143. The fourth-order valence-corrected chi connectivity index (χ4v) is 5.00. The van der Waals surface area contributed by atoms with Gasteiger partial charge < -0.3 is 20.1 Å². The van der Waals surface area contributed by atoms with Crippen molar-refractivity contribution in [2.45, 2.75) is 88.9 Å². The van der Waals surface area contributed by atoms with Crippen LogP contribution in [0.3, 0.4) is 0 Å². The molecule has 0 spiro atoms. The maximum absolute atomic E-state index is 13.7. The summed E-state index contributed by atoms with van der Waals surface area (Å²) in [4.78, 5) is 27.5. The average Bonchev–Trinajstić information content (AvgIpc) is 2.70. The molecular formula is C24H34Cl2N2O4. The number of piperidine rings is 1. The third kappa shape index (κ3) is 6.30. The molecule has 1 aromatic carbocycles. The van der Waals surface area contributed by atoms with E-state index in [1.54, 1.807) is 23.1 Å². The van der Waals surface area contributed by atoms with E-state index in [1.165, 1.54) is 0 Å². The number of carbonyl (C=O) groups excluding carboxylic acids is 2. The zero-order valence-electron chi connectivity index (χ0n) is 19.1. The number of likely N-dealkylation sites (tertiary alicyclic amines) is 1. The predicted octanol–water partition coefficient (Wildman–Crippen LogP) is 5.29. The summed E-state index contributed by atoms with van der Waals surface area (Å²) < 4.78 is 5.54. The third-order valence-electron chi connectivity index (χ3n) is 6.29. The first-order chi connectivity index (χ1) is 15.0. The summed E-state index contributed by atoms with van der Waals surface area (Å²) in [5.74, 6) is -0.801. The Hall–Kier alpha value is -1.50. The van der Waals surface area contributed by atoms with Crippen molar-refractivity contribution < 1.29 is 19.4 Å². The van der Waals surface area contributed by atoms with E-state index in [9.17, 15) is 14.7 Å². The van der Waals surface area contributed by atoms with Crippen molar-refractivity contribution in [1.29, 1.82) is 0 Å². The minimum absolute atomic E-state index is 0.106. The number of hydrogen-bond donors (Lipinski definition) is 2. The van der Waals surface area contributed by atoms with E-state index in [-0.39, 0.29) is 17.6 Å². The summed E-state index contributed by atoms with van der Waals surface area (Å²) >= 11 is 12.3. The maximum Gasteiger partial charge on any atom is 0.407 e. The van der Waals surface area contributed by atoms with Gasteiger partial charge in [-0.25, -0.2) is 4.79 Å². The smallest absolute Gasteiger partial charge is 0.407 e. The molecule has 0 aromatic heterocycles. The van der Waals surface area contributed by atoms with Crippen molar-refractivity contribution in [3.05, 3.63) is 33.8 Å². The molecule has 1 aliphatic heterocycles. The van der Waals surface area contributed by atoms with Crippen molar-refractivity contribution in [2.24, 2.45) is 0 Å². The van der Waals surface area contributed by atoms with Gasteiger partial charge in [-0.05, 0) is 51.3 Å². The van der Waals surface area contributed by atoms with Gasteiger partial charge in [0, 0.05) is 31.5 Å². The number of nitrogens with zero attached hydrogens (tertiary/aromatic N) is 1. The van der Waals surface area contributed by atoms with E-state index in [1.807, 2.05) is 20.8 Å². The Balaban J connectivity index is 1.72. The predicted molar refractivity (Wildman–Crippen MR) is 126 cm³/mol. The monoisotopic (exact) mass is 484 g/mol. The molecule has 0 radical (unpaired) electrons. The highest BCUT2D eigenvalue weighted by atomic mass is 35.5. The number of hydrogen-bond acceptors (Lipinski definition) is 4. The van der Waals surface area contributed by atoms with E-state index in [4.69, 9.17) is 27.9 Å². The minimum Gasteiger partial charge on any atom is -0.446 e. The second-order valence-corrected chi connectivity index (χ2v) is 10.9. The van der Waals surface area contributed by atoms with Gasteiger partial charge in [-0.1, -0.05) is 48.5 Å². The molecule has 3 rings (SSSR count). The Morgan fingerprint density at radius 2 is 1.75 bits per heavy atom. The standard InChI is InChI=1S/C24H34Cl2N2O4/c1-23(2,3)27-22(30)32-17-9-13-28(14-10-17)21(29)20(24(31)11-5-4-6-12-24)16-7-8-18(25)19(26)15-16/h7-8,15,17,20,31H,4-6,9-14H2,1-3H3,(H,27,30). The molecule has 1 unspecified atom stereocenters. The fourth-order valence-electron chi connectivity index (χ4n) is 4.69. The minimum atomic E-state index is -1.10. The van der Waals surface area contributed by atoms with Gasteiger partial charge in [0.2, 0.25) is 5.91 Å². The molecule has 1 saturated carbocycles. The number of aliphatic hydroxyl groups is 1. The van der Waals surface area contributed by atoms with Crippen LogP contribution in [0.5, 0.6) is 0 Å². The van der Waals surface area contributed by atoms with Crippen molar-refractivity contribution in [3.63, 3.8) is 0 Å². The van der Waals surface area contributed by atoms with Gasteiger partial charge in [-0.2, -0.15) is 0 Å². The molecule has 0 bridgehead atoms. The van der Waals surface area contributed by atoms with Crippen molar-refractivity contribution in [3.8, 4) is 0 Å². The SMILES string of the molecule is CC(C)(C)NC(=O)OC1CCN(C(=O)C(c2ccc(Cl)c(Cl)c2)C2(O)CCCCC2)CC1. The van der Waals surface area contributed by atoms with Crippen molar-refractivity contribution in [1.82, 2.24) is 10.2 Å². The van der Waals surface area contributed by atoms with Crippen molar-refractivity contribution in [2.75, 3.05) is 13.1 Å². The van der Waals surface area contributed by atoms with Gasteiger partial charge in [0.25, 0.3) is 0 Å². The zero-order valence-corrected chi connectivity index (χ0v) is 20.6. The first kappa shape index (κ1) is 25.1. The lowest BCUT2D eigenvalue weighted by Crippen LogP contribution is -2.51. The second-order valence-electron chi connectivity index (χ2n) is 10.1. The van der Waals surface area contributed by atoms with Crippen LogP contribution in [-0.4, -0.2) is 52.3 Å². The maximum atomic E-state index is 13.7. The normalized spacial score (nSPS) is 20.5. The van der Waals surface area contributed by atoms with Crippen LogP contribution in [0.4, 0.5) is 4.79 Å². The summed E-state index contributed by atoms with van der Waals surface area (Å²) in [7, 11) is 0. The Morgan fingerprint density at radius 3 is 2.31 bits per heavy atom. The molecule has 2 N–H and O–H groups in total. The molecule has 1 heterocycles. The van der Waals surface area contributed by atoms with Gasteiger partial charge in [0.1, 0.15) is 6.10 Å². The molecule has 2 amide bonds. The van der Waals surface area contributed by atoms with Crippen LogP contribution < -0.4 is 5.32 Å². The third-order valence-corrected chi connectivity index (χ3v) is 7.02. The number of benzene rings is 1. The van der Waals surface area contributed by atoms with Gasteiger partial charge in [-0.3, -0.25) is 4.79 Å². The molecular weight excluding hydrogens is 451 g/mol. The Morgan fingerprint density at radius 1 is 1.12 bits per heavy atom. The molecule has 1 aromatic rings. The zero-order chi connectivity index (χ0) is 23.5. The number of carbonyl (C=O) groups is 2. The number of nitrogens with one attached hydrogen (secondary N) is 1. The largest absolute Gasteiger partial charge is 0.446 e. The highest BCUT2D eigenvalue weighted by molar-refractivity contribution is 6.42. The Kier molecular flexibility index (Phi) is 8.00. The molecule has 1 aliphatic carbocycles. The van der Waals surface area contributed by atoms with Crippen LogP contribution >= 0.6 is 23.2 Å². The molecule has 32 heavy (non-hydrogen) atoms. The topological polar surface area (TPSA) is 78.9 Å². The number of amides is 2. The average molecular weight is 485 g/mol. The summed E-state index contributed by atoms with van der Waals surface area (Å²) in [6.45, 7) is 6.64. The van der Waals surface area contributed by atoms with E-state index in [0.29, 0.717) is 54.4 Å². The van der Waals surface area contributed by atoms with Gasteiger partial charge in [0.15, 0.2) is 0 Å². The summed E-state index contributed by atoms with van der Waals surface area (Å²) in [5, 5.41) is 15.1. The van der Waals surface area contributed by atoms with Crippen LogP contribution in [0.1, 0.15) is 77.2 Å². The molecule has 2 aliphatic rings. The highest BCUT2D eigenvalue weighted by Gasteiger charge is 2.45. The molecule has 1 saturated heterocycles. The van der Waals surface area contributed by atoms with Gasteiger partial charge in [-0.15, -0.1) is 0 Å². The fraction of sp³-hybridized carbons (Fsp3) is 0.667. The molecule has 6 nitrogen and oxygen atoms in total. The summed E-state index contributed by atoms with van der Waals surface area (Å²) in [6.07, 6.45) is 4.46. The first-order valence-electron chi connectivity index (χ1n) is 11.4. The Labute approximate surface area is 200 Å². The van der Waals surface area contributed by atoms with Crippen LogP contribution in [0.25, 0.3) is 0 Å². The van der Waals surface area contributed by atoms with E-state index >= 15 is 0 Å². The lowest BCUT2D eigenvalue weighted by Gasteiger charge is -2.42. The molecule has 2 fully saturated rings. The Bertz CT molecular complexity index is 826. The highest BCUT2D eigenvalue weighted by Crippen LogP contribution is 2.42. The van der Waals surface area contributed by atoms with Crippen LogP contribution in [0.2, 0.25) is 10.0 Å². The first-order valence-corrected chi connectivity index (χ1v) is 12.2. The number of alkyl carbamates (subject to hydrolysis) is 1. The van der Waals surface area contributed by atoms with E-state index in [2.05, 4.69) is 5.32 Å². The van der Waals surface area contributed by atoms with Crippen LogP contribution in [0, 0.1) is 0 Å². The molecule has 8 heteroatoms. The summed E-state index contributed by atoms with van der Waals surface area (Å²) in [5.41, 5.74) is -0.778. The lowest BCUT2D eigenvalue weighted by atomic mass is 9.72. The molecule has 178 valence electrons. The number of halogens is 2. The molecule has 1 atom stereocenters. The quantitative estimate of drug-likeness (QED) is 0.608. The number of ether oxygens (including phenoxy) is 1. The van der Waals surface area contributed by atoms with Gasteiger partial charge in [0.05, 0.1) is 21.6 Å². The van der Waals surface area contributed by atoms with Crippen molar-refractivity contribution >= 4 is 35.2 Å². The van der Waals surface area contributed by atoms with Crippen LogP contribution in [-0.2, 0) is 9.53 Å². The number of rotatable bonds is 4. The van der Waals surface area contributed by atoms with E-state index < -0.39 is 17.6 Å². The summed E-state index contributed by atoms with van der Waals surface area (Å²) in [6, 6.07) is 5.17. The van der Waals surface area contributed by atoms with Gasteiger partial charge >= 0.3 is 6.09 Å². The van der Waals surface area contributed by atoms with E-state index in [0.717, 1.165) is 19.3 Å². The van der Waals surface area contributed by atoms with Crippen LogP contribution in [0.15, 0.2) is 18.2 Å². The second kappa shape index (κ2) is 10.2.